The van der Waals surface area contributed by atoms with Crippen molar-refractivity contribution in [3.8, 4) is 11.8 Å². The number of benzene rings is 1. The van der Waals surface area contributed by atoms with Gasteiger partial charge in [-0.2, -0.15) is 4.98 Å². The van der Waals surface area contributed by atoms with E-state index in [0.717, 1.165) is 22.4 Å². The van der Waals surface area contributed by atoms with E-state index in [9.17, 15) is 4.79 Å². The third kappa shape index (κ3) is 5.33. The van der Waals surface area contributed by atoms with Gasteiger partial charge in [0.15, 0.2) is 5.78 Å². The number of nitrogens with zero attached hydrogens (tertiary/aromatic N) is 4. The fourth-order valence-corrected chi connectivity index (χ4v) is 2.83. The summed E-state index contributed by atoms with van der Waals surface area (Å²) in [6, 6.07) is 7.51. The molecule has 0 aliphatic carbocycles. The zero-order valence-electron chi connectivity index (χ0n) is 17.9. The van der Waals surface area contributed by atoms with Gasteiger partial charge < -0.3 is 20.1 Å². The average Bonchev–Trinajstić information content (AvgIpc) is 2.77. The molecule has 1 aromatic carbocycles. The Bertz CT molecular complexity index is 1120. The first-order chi connectivity index (χ1) is 14.9. The molecule has 9 nitrogen and oxygen atoms in total. The summed E-state index contributed by atoms with van der Waals surface area (Å²) in [6.45, 7) is 7.43. The molecule has 2 aromatic heterocycles. The molecule has 160 valence electrons. The Morgan fingerprint density at radius 2 is 1.90 bits per heavy atom. The molecule has 0 radical (unpaired) electrons. The number of nitrogens with one attached hydrogen (secondary N) is 2. The van der Waals surface area contributed by atoms with E-state index < -0.39 is 0 Å². The van der Waals surface area contributed by atoms with Gasteiger partial charge in [0.1, 0.15) is 11.5 Å². The van der Waals surface area contributed by atoms with Crippen molar-refractivity contribution in [3.63, 3.8) is 0 Å². The summed E-state index contributed by atoms with van der Waals surface area (Å²) in [6.07, 6.45) is 3.27. The monoisotopic (exact) mass is 420 g/mol. The Balaban J connectivity index is 1.91. The van der Waals surface area contributed by atoms with E-state index in [1.807, 2.05) is 32.0 Å². The van der Waals surface area contributed by atoms with Gasteiger partial charge in [0, 0.05) is 29.9 Å². The Labute approximate surface area is 180 Å². The van der Waals surface area contributed by atoms with Crippen LogP contribution >= 0.6 is 0 Å². The second-order valence-electron chi connectivity index (χ2n) is 6.79. The topological polar surface area (TPSA) is 111 Å². The lowest BCUT2D eigenvalue weighted by molar-refractivity contribution is -0.114. The van der Waals surface area contributed by atoms with Gasteiger partial charge >= 0.3 is 0 Å². The number of carbonyl (C=O) groups excluding carboxylic acids is 1. The number of ether oxygens (including phenoxy) is 2. The van der Waals surface area contributed by atoms with Crippen LogP contribution < -0.4 is 20.1 Å². The molecule has 0 aliphatic heterocycles. The molecule has 0 atom stereocenters. The number of ketones is 1. The molecule has 0 spiro atoms. The zero-order valence-corrected chi connectivity index (χ0v) is 17.9. The van der Waals surface area contributed by atoms with Gasteiger partial charge in [-0.1, -0.05) is 24.3 Å². The number of hydrogen-bond donors (Lipinski definition) is 2. The first-order valence-electron chi connectivity index (χ1n) is 9.51. The molecule has 0 aliphatic rings. The van der Waals surface area contributed by atoms with Crippen LogP contribution in [0, 0.1) is 13.8 Å². The van der Waals surface area contributed by atoms with Gasteiger partial charge in [-0.3, -0.25) is 4.79 Å². The maximum absolute atomic E-state index is 11.9. The summed E-state index contributed by atoms with van der Waals surface area (Å²) >= 11 is 0. The van der Waals surface area contributed by atoms with E-state index in [-0.39, 0.29) is 18.1 Å². The molecule has 0 saturated heterocycles. The number of aromatic nitrogens is 4. The molecule has 31 heavy (non-hydrogen) atoms. The van der Waals surface area contributed by atoms with E-state index in [0.29, 0.717) is 23.3 Å². The van der Waals surface area contributed by atoms with Gasteiger partial charge in [0.2, 0.25) is 11.8 Å². The van der Waals surface area contributed by atoms with E-state index >= 15 is 0 Å². The van der Waals surface area contributed by atoms with Crippen molar-refractivity contribution >= 4 is 28.9 Å². The van der Waals surface area contributed by atoms with Crippen molar-refractivity contribution in [2.45, 2.75) is 20.3 Å². The van der Waals surface area contributed by atoms with Crippen molar-refractivity contribution in [1.82, 2.24) is 20.2 Å². The second kappa shape index (κ2) is 9.66. The van der Waals surface area contributed by atoms with E-state index in [2.05, 4.69) is 37.4 Å². The van der Waals surface area contributed by atoms with Crippen LogP contribution in [-0.2, 0) is 11.2 Å². The maximum atomic E-state index is 11.9. The molecule has 0 bridgehead atoms. The van der Waals surface area contributed by atoms with Gasteiger partial charge in [-0.25, -0.2) is 4.98 Å². The van der Waals surface area contributed by atoms with Crippen LogP contribution in [-0.4, -0.2) is 40.2 Å². The number of allylic oxidation sites excluding steroid dienone is 1. The summed E-state index contributed by atoms with van der Waals surface area (Å²) < 4.78 is 10.4. The SMILES string of the molecule is C=CC(=O)Cc1cc(C)ccc1Nc1nc(Nc2cc(OC)nnc2OC)ncc1C. The highest BCUT2D eigenvalue weighted by atomic mass is 16.5. The lowest BCUT2D eigenvalue weighted by atomic mass is 10.0. The number of rotatable bonds is 9. The summed E-state index contributed by atoms with van der Waals surface area (Å²) in [5.74, 6) is 1.48. The molecule has 2 N–H and O–H groups in total. The molecule has 3 aromatic rings. The minimum absolute atomic E-state index is 0.0540. The van der Waals surface area contributed by atoms with Gasteiger partial charge in [-0.15, -0.1) is 10.2 Å². The highest BCUT2D eigenvalue weighted by Crippen LogP contribution is 2.28. The van der Waals surface area contributed by atoms with E-state index in [1.165, 1.54) is 20.3 Å². The normalized spacial score (nSPS) is 10.3. The molecule has 0 fully saturated rings. The number of hydrogen-bond acceptors (Lipinski definition) is 9. The van der Waals surface area contributed by atoms with Gasteiger partial charge in [0.25, 0.3) is 5.88 Å². The minimum Gasteiger partial charge on any atom is -0.480 e. The van der Waals surface area contributed by atoms with Gasteiger partial charge in [-0.05, 0) is 31.6 Å². The van der Waals surface area contributed by atoms with Crippen molar-refractivity contribution in [3.05, 3.63) is 59.8 Å². The highest BCUT2D eigenvalue weighted by molar-refractivity contribution is 5.92. The number of anilines is 4. The quantitative estimate of drug-likeness (QED) is 0.501. The first-order valence-corrected chi connectivity index (χ1v) is 9.51. The molecule has 3 rings (SSSR count). The fraction of sp³-hybridized carbons (Fsp3) is 0.227. The largest absolute Gasteiger partial charge is 0.480 e. The lowest BCUT2D eigenvalue weighted by Crippen LogP contribution is -2.07. The standard InChI is InChI=1S/C22H24N6O3/c1-6-16(29)10-15-9-13(2)7-8-17(15)24-20-14(3)12-23-22(26-20)25-18-11-19(30-4)27-28-21(18)31-5/h6-9,11-12H,1,10H2,2-5H3,(H2,23,24,25,26,27). The molecule has 0 amide bonds. The van der Waals surface area contributed by atoms with Crippen molar-refractivity contribution in [2.24, 2.45) is 0 Å². The van der Waals surface area contributed by atoms with Crippen LogP contribution in [0.15, 0.2) is 43.1 Å². The third-order valence-electron chi connectivity index (χ3n) is 4.46. The summed E-state index contributed by atoms with van der Waals surface area (Å²) in [5, 5.41) is 14.2. The van der Waals surface area contributed by atoms with Crippen LogP contribution in [0.1, 0.15) is 16.7 Å². The number of carbonyl (C=O) groups is 1. The average molecular weight is 420 g/mol. The van der Waals surface area contributed by atoms with Crippen LogP contribution in [0.3, 0.4) is 0 Å². The van der Waals surface area contributed by atoms with E-state index in [1.54, 1.807) is 12.3 Å². The molecule has 2 heterocycles. The van der Waals surface area contributed by atoms with Crippen LogP contribution in [0.2, 0.25) is 0 Å². The Hall–Kier alpha value is -4.01. The molecular formula is C22H24N6O3. The predicted octanol–water partition coefficient (Wildman–Crippen LogP) is 3.69. The molecule has 0 saturated carbocycles. The summed E-state index contributed by atoms with van der Waals surface area (Å²) in [4.78, 5) is 20.8. The summed E-state index contributed by atoms with van der Waals surface area (Å²) in [5.41, 5.74) is 4.06. The molecule has 0 unspecified atom stereocenters. The predicted molar refractivity (Wildman–Crippen MR) is 119 cm³/mol. The Kier molecular flexibility index (Phi) is 6.76. The van der Waals surface area contributed by atoms with Crippen LogP contribution in [0.25, 0.3) is 0 Å². The Morgan fingerprint density at radius 1 is 1.10 bits per heavy atom. The number of aryl methyl sites for hydroxylation is 2. The highest BCUT2D eigenvalue weighted by Gasteiger charge is 2.13. The maximum Gasteiger partial charge on any atom is 0.257 e. The lowest BCUT2D eigenvalue weighted by Gasteiger charge is -2.15. The fourth-order valence-electron chi connectivity index (χ4n) is 2.83. The zero-order chi connectivity index (χ0) is 22.4. The smallest absolute Gasteiger partial charge is 0.257 e. The van der Waals surface area contributed by atoms with Crippen molar-refractivity contribution in [2.75, 3.05) is 24.9 Å². The van der Waals surface area contributed by atoms with Crippen LogP contribution in [0.4, 0.5) is 23.1 Å². The van der Waals surface area contributed by atoms with Gasteiger partial charge in [0.05, 0.1) is 14.2 Å². The molecular weight excluding hydrogens is 396 g/mol. The Morgan fingerprint density at radius 3 is 2.61 bits per heavy atom. The van der Waals surface area contributed by atoms with Crippen molar-refractivity contribution in [1.29, 1.82) is 0 Å². The summed E-state index contributed by atoms with van der Waals surface area (Å²) in [7, 11) is 3.00. The van der Waals surface area contributed by atoms with Crippen LogP contribution in [0.5, 0.6) is 11.8 Å². The molecule has 9 heteroatoms. The van der Waals surface area contributed by atoms with E-state index in [4.69, 9.17) is 9.47 Å². The first kappa shape index (κ1) is 21.7. The number of methoxy groups -OCH3 is 2. The third-order valence-corrected chi connectivity index (χ3v) is 4.46. The minimum atomic E-state index is -0.0540. The second-order valence-corrected chi connectivity index (χ2v) is 6.79. The van der Waals surface area contributed by atoms with Crippen molar-refractivity contribution < 1.29 is 14.3 Å².